The van der Waals surface area contributed by atoms with Crippen LogP contribution in [0.25, 0.3) is 0 Å². The number of nitro benzene ring substituents is 1. The predicted octanol–water partition coefficient (Wildman–Crippen LogP) is 2.89. The summed E-state index contributed by atoms with van der Waals surface area (Å²) in [5, 5.41) is 26.7. The standard InChI is InChI=1S/C20H25N3O5/c1-13(2)21-11-16(24)12-28-19-9-8-15(10-14(19)3)20(25)22-17-6-4-5-7-18(17)23(26)27/h4-10,13,16,21,24H,11-12H2,1-3H3,(H,22,25). The monoisotopic (exact) mass is 387 g/mol. The summed E-state index contributed by atoms with van der Waals surface area (Å²) in [7, 11) is 0. The largest absolute Gasteiger partial charge is 0.491 e. The van der Waals surface area contributed by atoms with Gasteiger partial charge in [0.15, 0.2) is 0 Å². The van der Waals surface area contributed by atoms with Gasteiger partial charge in [0.2, 0.25) is 0 Å². The summed E-state index contributed by atoms with van der Waals surface area (Å²) in [5.41, 5.74) is 1.04. The van der Waals surface area contributed by atoms with Gasteiger partial charge < -0.3 is 20.5 Å². The summed E-state index contributed by atoms with van der Waals surface area (Å²) in [4.78, 5) is 23.0. The van der Waals surface area contributed by atoms with Crippen molar-refractivity contribution >= 4 is 17.3 Å². The van der Waals surface area contributed by atoms with Crippen LogP contribution in [0.4, 0.5) is 11.4 Å². The minimum Gasteiger partial charge on any atom is -0.491 e. The highest BCUT2D eigenvalue weighted by atomic mass is 16.6. The molecule has 0 saturated heterocycles. The SMILES string of the molecule is Cc1cc(C(=O)Nc2ccccc2[N+](=O)[O-])ccc1OCC(O)CNC(C)C. The van der Waals surface area contributed by atoms with E-state index >= 15 is 0 Å². The van der Waals surface area contributed by atoms with Crippen LogP contribution in [0.15, 0.2) is 42.5 Å². The van der Waals surface area contributed by atoms with Gasteiger partial charge in [-0.15, -0.1) is 0 Å². The molecule has 8 heteroatoms. The molecule has 8 nitrogen and oxygen atoms in total. The molecule has 1 amide bonds. The molecule has 0 saturated carbocycles. The molecule has 2 rings (SSSR count). The smallest absolute Gasteiger partial charge is 0.292 e. The molecule has 0 bridgehead atoms. The number of ether oxygens (including phenoxy) is 1. The Morgan fingerprint density at radius 2 is 1.96 bits per heavy atom. The molecule has 0 aliphatic rings. The van der Waals surface area contributed by atoms with Crippen molar-refractivity contribution in [3.05, 3.63) is 63.7 Å². The first-order valence-corrected chi connectivity index (χ1v) is 8.97. The van der Waals surface area contributed by atoms with Gasteiger partial charge in [-0.05, 0) is 36.8 Å². The lowest BCUT2D eigenvalue weighted by Crippen LogP contribution is -2.35. The molecule has 0 fully saturated rings. The molecular weight excluding hydrogens is 362 g/mol. The first-order chi connectivity index (χ1) is 13.3. The molecule has 2 aromatic rings. The highest BCUT2D eigenvalue weighted by Crippen LogP contribution is 2.25. The van der Waals surface area contributed by atoms with E-state index in [-0.39, 0.29) is 24.0 Å². The number of rotatable bonds is 9. The summed E-state index contributed by atoms with van der Waals surface area (Å²) >= 11 is 0. The Hall–Kier alpha value is -2.97. The number of amides is 1. The maximum absolute atomic E-state index is 12.4. The number of carbonyl (C=O) groups is 1. The van der Waals surface area contributed by atoms with Crippen molar-refractivity contribution in [2.45, 2.75) is 32.9 Å². The van der Waals surface area contributed by atoms with Crippen LogP contribution in [0.2, 0.25) is 0 Å². The average Bonchev–Trinajstić information content (AvgIpc) is 2.65. The topological polar surface area (TPSA) is 114 Å². The zero-order valence-electron chi connectivity index (χ0n) is 16.1. The third kappa shape index (κ3) is 6.04. The lowest BCUT2D eigenvalue weighted by atomic mass is 10.1. The number of nitrogens with zero attached hydrogens (tertiary/aromatic N) is 1. The zero-order valence-corrected chi connectivity index (χ0v) is 16.1. The number of anilines is 1. The van der Waals surface area contributed by atoms with Crippen molar-refractivity contribution in [3.8, 4) is 5.75 Å². The molecule has 0 radical (unpaired) electrons. The summed E-state index contributed by atoms with van der Waals surface area (Å²) in [6.07, 6.45) is -0.650. The first-order valence-electron chi connectivity index (χ1n) is 8.97. The van der Waals surface area contributed by atoms with Crippen LogP contribution in [0, 0.1) is 17.0 Å². The third-order valence-corrected chi connectivity index (χ3v) is 3.98. The van der Waals surface area contributed by atoms with E-state index in [2.05, 4.69) is 10.6 Å². The first kappa shape index (κ1) is 21.3. The van der Waals surface area contributed by atoms with Crippen molar-refractivity contribution < 1.29 is 19.6 Å². The minimum absolute atomic E-state index is 0.127. The van der Waals surface area contributed by atoms with Gasteiger partial charge in [0.05, 0.1) is 4.92 Å². The van der Waals surface area contributed by atoms with Gasteiger partial charge in [0.1, 0.15) is 24.1 Å². The zero-order chi connectivity index (χ0) is 20.7. The Morgan fingerprint density at radius 1 is 1.25 bits per heavy atom. The maximum atomic E-state index is 12.4. The summed E-state index contributed by atoms with van der Waals surface area (Å²) in [5.74, 6) is 0.107. The van der Waals surface area contributed by atoms with Crippen LogP contribution in [-0.4, -0.2) is 41.2 Å². The Balaban J connectivity index is 2.01. The number of aliphatic hydroxyl groups is 1. The van der Waals surface area contributed by atoms with Gasteiger partial charge in [-0.3, -0.25) is 14.9 Å². The lowest BCUT2D eigenvalue weighted by molar-refractivity contribution is -0.383. The van der Waals surface area contributed by atoms with Crippen LogP contribution in [-0.2, 0) is 0 Å². The molecular formula is C20H25N3O5. The third-order valence-electron chi connectivity index (χ3n) is 3.98. The number of para-hydroxylation sites is 2. The van der Waals surface area contributed by atoms with Crippen LogP contribution in [0.5, 0.6) is 5.75 Å². The normalized spacial score (nSPS) is 11.9. The Kier molecular flexibility index (Phi) is 7.48. The van der Waals surface area contributed by atoms with Gasteiger partial charge in [0, 0.05) is 24.2 Å². The van der Waals surface area contributed by atoms with E-state index in [1.54, 1.807) is 31.2 Å². The highest BCUT2D eigenvalue weighted by Gasteiger charge is 2.16. The molecule has 0 heterocycles. The van der Waals surface area contributed by atoms with Crippen molar-refractivity contribution in [3.63, 3.8) is 0 Å². The molecule has 28 heavy (non-hydrogen) atoms. The average molecular weight is 387 g/mol. The fraction of sp³-hybridized carbons (Fsp3) is 0.350. The van der Waals surface area contributed by atoms with Crippen molar-refractivity contribution in [1.82, 2.24) is 5.32 Å². The van der Waals surface area contributed by atoms with Gasteiger partial charge in [-0.2, -0.15) is 0 Å². The van der Waals surface area contributed by atoms with Gasteiger partial charge in [0.25, 0.3) is 11.6 Å². The molecule has 2 aromatic carbocycles. The Labute approximate surface area is 163 Å². The Morgan fingerprint density at radius 3 is 2.61 bits per heavy atom. The number of nitro groups is 1. The van der Waals surface area contributed by atoms with E-state index in [4.69, 9.17) is 4.74 Å². The van der Waals surface area contributed by atoms with Gasteiger partial charge >= 0.3 is 0 Å². The van der Waals surface area contributed by atoms with Crippen molar-refractivity contribution in [2.24, 2.45) is 0 Å². The quantitative estimate of drug-likeness (QED) is 0.450. The number of aliphatic hydroxyl groups excluding tert-OH is 1. The summed E-state index contributed by atoms with van der Waals surface area (Å²) < 4.78 is 5.62. The fourth-order valence-corrected chi connectivity index (χ4v) is 2.50. The number of hydrogen-bond acceptors (Lipinski definition) is 6. The lowest BCUT2D eigenvalue weighted by Gasteiger charge is -2.16. The molecule has 1 unspecified atom stereocenters. The second kappa shape index (κ2) is 9.82. The van der Waals surface area contributed by atoms with Crippen LogP contribution in [0.3, 0.4) is 0 Å². The Bertz CT molecular complexity index is 838. The van der Waals surface area contributed by atoms with E-state index < -0.39 is 16.9 Å². The second-order valence-corrected chi connectivity index (χ2v) is 6.74. The molecule has 0 aromatic heterocycles. The van der Waals surface area contributed by atoms with E-state index in [0.29, 0.717) is 17.9 Å². The van der Waals surface area contributed by atoms with Crippen LogP contribution < -0.4 is 15.4 Å². The molecule has 0 spiro atoms. The van der Waals surface area contributed by atoms with Crippen molar-refractivity contribution in [2.75, 3.05) is 18.5 Å². The minimum atomic E-state index is -0.650. The van der Waals surface area contributed by atoms with Gasteiger partial charge in [-0.1, -0.05) is 26.0 Å². The number of nitrogens with one attached hydrogen (secondary N) is 2. The molecule has 150 valence electrons. The maximum Gasteiger partial charge on any atom is 0.292 e. The number of carbonyl (C=O) groups excluding carboxylic acids is 1. The van der Waals surface area contributed by atoms with E-state index in [9.17, 15) is 20.0 Å². The summed E-state index contributed by atoms with van der Waals surface area (Å²) in [6, 6.07) is 11.1. The molecule has 0 aliphatic carbocycles. The second-order valence-electron chi connectivity index (χ2n) is 6.74. The number of hydrogen-bond donors (Lipinski definition) is 3. The predicted molar refractivity (Wildman–Crippen MR) is 107 cm³/mol. The van der Waals surface area contributed by atoms with Crippen LogP contribution in [0.1, 0.15) is 29.8 Å². The van der Waals surface area contributed by atoms with E-state index in [1.807, 2.05) is 13.8 Å². The molecule has 3 N–H and O–H groups in total. The van der Waals surface area contributed by atoms with Crippen molar-refractivity contribution in [1.29, 1.82) is 0 Å². The molecule has 0 aliphatic heterocycles. The van der Waals surface area contributed by atoms with E-state index in [0.717, 1.165) is 5.56 Å². The number of benzene rings is 2. The van der Waals surface area contributed by atoms with Gasteiger partial charge in [-0.25, -0.2) is 0 Å². The van der Waals surface area contributed by atoms with Crippen LogP contribution >= 0.6 is 0 Å². The number of aryl methyl sites for hydroxylation is 1. The highest BCUT2D eigenvalue weighted by molar-refractivity contribution is 6.05. The molecule has 1 atom stereocenters. The van der Waals surface area contributed by atoms with E-state index in [1.165, 1.54) is 18.2 Å². The summed E-state index contributed by atoms with van der Waals surface area (Å²) in [6.45, 7) is 6.32. The fourth-order valence-electron chi connectivity index (χ4n) is 2.50.